The lowest BCUT2D eigenvalue weighted by Gasteiger charge is -2.29. The number of ether oxygens (including phenoxy) is 1. The average Bonchev–Trinajstić information content (AvgIpc) is 2.78. The maximum absolute atomic E-state index is 12.3. The molecule has 1 unspecified atom stereocenters. The third-order valence-corrected chi connectivity index (χ3v) is 4.76. The molecule has 3 heterocycles. The van der Waals surface area contributed by atoms with Crippen LogP contribution in [0.4, 0.5) is 0 Å². The van der Waals surface area contributed by atoms with Gasteiger partial charge in [0.1, 0.15) is 0 Å². The maximum Gasteiger partial charge on any atom is 0.222 e. The summed E-state index contributed by atoms with van der Waals surface area (Å²) < 4.78 is 5.72. The number of amides is 1. The van der Waals surface area contributed by atoms with Crippen molar-refractivity contribution in [3.05, 3.63) is 0 Å². The molecule has 0 spiro atoms. The fraction of sp³-hybridized carbons (Fsp3) is 0.933. The molecule has 20 heavy (non-hydrogen) atoms. The Morgan fingerprint density at radius 2 is 2.05 bits per heavy atom. The Kier molecular flexibility index (Phi) is 4.91. The lowest BCUT2D eigenvalue weighted by molar-refractivity contribution is -0.132. The lowest BCUT2D eigenvalue weighted by Crippen LogP contribution is -2.46. The Hall–Kier alpha value is -0.650. The van der Waals surface area contributed by atoms with Crippen LogP contribution in [0.5, 0.6) is 0 Å². The van der Waals surface area contributed by atoms with Gasteiger partial charge in [-0.2, -0.15) is 0 Å². The first-order valence-electron chi connectivity index (χ1n) is 8.14. The van der Waals surface area contributed by atoms with E-state index in [1.54, 1.807) is 0 Å². The van der Waals surface area contributed by atoms with Crippen LogP contribution in [-0.4, -0.2) is 74.2 Å². The van der Waals surface area contributed by atoms with Crippen LogP contribution < -0.4 is 5.32 Å². The van der Waals surface area contributed by atoms with E-state index in [1.165, 1.54) is 12.8 Å². The van der Waals surface area contributed by atoms with Gasteiger partial charge in [-0.1, -0.05) is 0 Å². The van der Waals surface area contributed by atoms with Crippen molar-refractivity contribution in [2.75, 3.05) is 52.4 Å². The summed E-state index contributed by atoms with van der Waals surface area (Å²) in [6.07, 6.45) is 4.67. The molecule has 0 aromatic carbocycles. The fourth-order valence-corrected chi connectivity index (χ4v) is 3.35. The molecule has 0 bridgehead atoms. The molecule has 0 aliphatic carbocycles. The first-order chi connectivity index (χ1) is 9.81. The van der Waals surface area contributed by atoms with Gasteiger partial charge < -0.3 is 15.0 Å². The largest absolute Gasteiger partial charge is 0.377 e. The molecule has 3 aliphatic heterocycles. The van der Waals surface area contributed by atoms with Gasteiger partial charge in [-0.05, 0) is 44.8 Å². The van der Waals surface area contributed by atoms with E-state index < -0.39 is 0 Å². The SMILES string of the molecule is O=C(CC1CNC1)N1CCCN(CC2CCCO2)CC1. The maximum atomic E-state index is 12.3. The Labute approximate surface area is 121 Å². The third kappa shape index (κ3) is 3.71. The van der Waals surface area contributed by atoms with E-state index >= 15 is 0 Å². The molecule has 3 aliphatic rings. The molecular weight excluding hydrogens is 254 g/mol. The van der Waals surface area contributed by atoms with E-state index in [-0.39, 0.29) is 0 Å². The van der Waals surface area contributed by atoms with Crippen molar-refractivity contribution in [2.45, 2.75) is 31.8 Å². The zero-order valence-corrected chi connectivity index (χ0v) is 12.4. The van der Waals surface area contributed by atoms with Crippen LogP contribution in [0.1, 0.15) is 25.7 Å². The average molecular weight is 281 g/mol. The van der Waals surface area contributed by atoms with E-state index in [0.29, 0.717) is 17.9 Å². The van der Waals surface area contributed by atoms with E-state index in [9.17, 15) is 4.79 Å². The van der Waals surface area contributed by atoms with E-state index in [2.05, 4.69) is 15.1 Å². The highest BCUT2D eigenvalue weighted by atomic mass is 16.5. The van der Waals surface area contributed by atoms with Crippen LogP contribution in [-0.2, 0) is 9.53 Å². The van der Waals surface area contributed by atoms with E-state index in [1.807, 2.05) is 0 Å². The van der Waals surface area contributed by atoms with Gasteiger partial charge in [0.2, 0.25) is 5.91 Å². The van der Waals surface area contributed by atoms with Crippen LogP contribution in [0, 0.1) is 5.92 Å². The van der Waals surface area contributed by atoms with Gasteiger partial charge in [-0.25, -0.2) is 0 Å². The van der Waals surface area contributed by atoms with Gasteiger partial charge in [0.05, 0.1) is 6.10 Å². The van der Waals surface area contributed by atoms with Gasteiger partial charge in [0.25, 0.3) is 0 Å². The molecule has 0 radical (unpaired) electrons. The first kappa shape index (κ1) is 14.3. The zero-order valence-electron chi connectivity index (χ0n) is 12.4. The normalized spacial score (nSPS) is 29.2. The number of nitrogens with one attached hydrogen (secondary N) is 1. The molecular formula is C15H27N3O2. The summed E-state index contributed by atoms with van der Waals surface area (Å²) in [6.45, 7) is 7.96. The summed E-state index contributed by atoms with van der Waals surface area (Å²) in [5.74, 6) is 0.934. The number of nitrogens with zero attached hydrogens (tertiary/aromatic N) is 2. The van der Waals surface area contributed by atoms with Crippen molar-refractivity contribution < 1.29 is 9.53 Å². The fourth-order valence-electron chi connectivity index (χ4n) is 3.35. The van der Waals surface area contributed by atoms with Crippen LogP contribution in [0.25, 0.3) is 0 Å². The Morgan fingerprint density at radius 1 is 1.15 bits per heavy atom. The molecule has 0 saturated carbocycles. The molecule has 3 saturated heterocycles. The Bertz CT molecular complexity index is 327. The molecule has 0 aromatic rings. The number of hydrogen-bond acceptors (Lipinski definition) is 4. The summed E-state index contributed by atoms with van der Waals surface area (Å²) >= 11 is 0. The highest BCUT2D eigenvalue weighted by Crippen LogP contribution is 2.16. The summed E-state index contributed by atoms with van der Waals surface area (Å²) in [5.41, 5.74) is 0. The Morgan fingerprint density at radius 3 is 2.75 bits per heavy atom. The van der Waals surface area contributed by atoms with Crippen molar-refractivity contribution in [2.24, 2.45) is 5.92 Å². The smallest absolute Gasteiger partial charge is 0.222 e. The summed E-state index contributed by atoms with van der Waals surface area (Å²) in [5, 5.41) is 3.24. The monoisotopic (exact) mass is 281 g/mol. The molecule has 5 heteroatoms. The van der Waals surface area contributed by atoms with Crippen molar-refractivity contribution in [3.8, 4) is 0 Å². The molecule has 0 aromatic heterocycles. The van der Waals surface area contributed by atoms with Gasteiger partial charge in [0, 0.05) is 39.2 Å². The molecule has 3 fully saturated rings. The minimum atomic E-state index is 0.357. The van der Waals surface area contributed by atoms with E-state index in [0.717, 1.165) is 65.3 Å². The second-order valence-corrected chi connectivity index (χ2v) is 6.40. The summed E-state index contributed by atoms with van der Waals surface area (Å²) in [6, 6.07) is 0. The summed E-state index contributed by atoms with van der Waals surface area (Å²) in [7, 11) is 0. The van der Waals surface area contributed by atoms with Crippen LogP contribution in [0.3, 0.4) is 0 Å². The predicted molar refractivity (Wildman–Crippen MR) is 77.6 cm³/mol. The molecule has 1 amide bonds. The molecule has 1 atom stereocenters. The third-order valence-electron chi connectivity index (χ3n) is 4.76. The number of carbonyl (C=O) groups excluding carboxylic acids is 1. The first-order valence-corrected chi connectivity index (χ1v) is 8.14. The molecule has 114 valence electrons. The van der Waals surface area contributed by atoms with Gasteiger partial charge in [-0.15, -0.1) is 0 Å². The minimum Gasteiger partial charge on any atom is -0.377 e. The van der Waals surface area contributed by atoms with Crippen molar-refractivity contribution >= 4 is 5.91 Å². The van der Waals surface area contributed by atoms with Crippen molar-refractivity contribution in [3.63, 3.8) is 0 Å². The summed E-state index contributed by atoms with van der Waals surface area (Å²) in [4.78, 5) is 16.8. The second kappa shape index (κ2) is 6.87. The minimum absolute atomic E-state index is 0.357. The molecule has 3 rings (SSSR count). The van der Waals surface area contributed by atoms with E-state index in [4.69, 9.17) is 4.74 Å². The number of hydrogen-bond donors (Lipinski definition) is 1. The van der Waals surface area contributed by atoms with Crippen LogP contribution in [0.15, 0.2) is 0 Å². The number of carbonyl (C=O) groups is 1. The molecule has 5 nitrogen and oxygen atoms in total. The second-order valence-electron chi connectivity index (χ2n) is 6.40. The quantitative estimate of drug-likeness (QED) is 0.805. The van der Waals surface area contributed by atoms with Gasteiger partial charge >= 0.3 is 0 Å². The topological polar surface area (TPSA) is 44.8 Å². The predicted octanol–water partition coefficient (Wildman–Crippen LogP) is 0.309. The van der Waals surface area contributed by atoms with Gasteiger partial charge in [-0.3, -0.25) is 9.69 Å². The van der Waals surface area contributed by atoms with Gasteiger partial charge in [0.15, 0.2) is 0 Å². The highest BCUT2D eigenvalue weighted by molar-refractivity contribution is 5.76. The zero-order chi connectivity index (χ0) is 13.8. The number of rotatable bonds is 4. The standard InChI is InChI=1S/C15H27N3O2/c19-15(9-13-10-16-11-13)18-5-2-4-17(6-7-18)12-14-3-1-8-20-14/h13-14,16H,1-12H2. The Balaban J connectivity index is 1.42. The highest BCUT2D eigenvalue weighted by Gasteiger charge is 2.26. The van der Waals surface area contributed by atoms with Crippen LogP contribution in [0.2, 0.25) is 0 Å². The van der Waals surface area contributed by atoms with Crippen molar-refractivity contribution in [1.82, 2.24) is 15.1 Å². The molecule has 1 N–H and O–H groups in total. The van der Waals surface area contributed by atoms with Crippen molar-refractivity contribution in [1.29, 1.82) is 0 Å². The van der Waals surface area contributed by atoms with Crippen LogP contribution >= 0.6 is 0 Å². The lowest BCUT2D eigenvalue weighted by atomic mass is 9.98.